The maximum Gasteiger partial charge on any atom is 0.332 e. The summed E-state index contributed by atoms with van der Waals surface area (Å²) in [5.74, 6) is -2.05. The molecule has 2 aromatic carbocycles. The maximum atomic E-state index is 12.7. The third-order valence-corrected chi connectivity index (χ3v) is 6.08. The van der Waals surface area contributed by atoms with Crippen molar-refractivity contribution in [2.75, 3.05) is 0 Å². The topological polar surface area (TPSA) is 137 Å². The maximum absolute atomic E-state index is 12.7. The van der Waals surface area contributed by atoms with E-state index in [1.54, 1.807) is 0 Å². The lowest BCUT2D eigenvalue weighted by atomic mass is 9.86. The number of hydrogen-bond acceptors (Lipinski definition) is 6. The number of H-pyrrole nitrogens is 1. The van der Waals surface area contributed by atoms with Crippen LogP contribution < -0.4 is 5.56 Å². The first-order valence-corrected chi connectivity index (χ1v) is 12.0. The lowest BCUT2D eigenvalue weighted by Gasteiger charge is -2.18. The molecule has 0 amide bonds. The molecule has 0 aliphatic carbocycles. The van der Waals surface area contributed by atoms with Gasteiger partial charge in [0.2, 0.25) is 0 Å². The third-order valence-electron chi connectivity index (χ3n) is 6.08. The second kappa shape index (κ2) is 13.3. The lowest BCUT2D eigenvalue weighted by Crippen LogP contribution is -2.22. The van der Waals surface area contributed by atoms with Crippen LogP contribution in [-0.2, 0) is 4.79 Å². The number of carboxylic acids is 1. The molecule has 8 heteroatoms. The molecule has 1 atom stereocenters. The van der Waals surface area contributed by atoms with Gasteiger partial charge in [0.05, 0.1) is 0 Å². The predicted octanol–water partition coefficient (Wildman–Crippen LogP) is 4.14. The van der Waals surface area contributed by atoms with Crippen molar-refractivity contribution in [1.82, 2.24) is 9.97 Å². The number of benzene rings is 2. The quantitative estimate of drug-likeness (QED) is 0.228. The highest BCUT2D eigenvalue weighted by molar-refractivity contribution is 5.96. The molecule has 1 aromatic heterocycles. The van der Waals surface area contributed by atoms with Gasteiger partial charge in [-0.15, -0.1) is 0 Å². The highest BCUT2D eigenvalue weighted by Crippen LogP contribution is 2.29. The molecule has 0 saturated heterocycles. The Morgan fingerprint density at radius 2 is 1.39 bits per heavy atom. The van der Waals surface area contributed by atoms with Crippen LogP contribution >= 0.6 is 0 Å². The first kappa shape index (κ1) is 26.7. The normalized spacial score (nSPS) is 11.8. The number of nitrogens with one attached hydrogen (secondary N) is 1. The summed E-state index contributed by atoms with van der Waals surface area (Å²) in [7, 11) is 0. The zero-order chi connectivity index (χ0) is 25.9. The Labute approximate surface area is 209 Å². The standard InChI is InChI=1S/C28H30N2O6/c31-23(17-9-14-21(19-10-3-1-4-11-19)20-12-5-2-6-13-20)22-18-29-26(30-27(22)34)24(32)15-7-8-16-25(33)28(35)36/h1-6,10-13,18,21,25,33H,7-9,14-17H2,(H,35,36)(H,29,30,34)/t25-/m0/s1. The summed E-state index contributed by atoms with van der Waals surface area (Å²) in [5.41, 5.74) is 1.60. The van der Waals surface area contributed by atoms with Gasteiger partial charge in [-0.05, 0) is 43.2 Å². The van der Waals surface area contributed by atoms with Gasteiger partial charge in [0.25, 0.3) is 5.56 Å². The Morgan fingerprint density at radius 1 is 0.806 bits per heavy atom. The van der Waals surface area contributed by atoms with E-state index in [9.17, 15) is 24.3 Å². The van der Waals surface area contributed by atoms with Crippen molar-refractivity contribution in [3.8, 4) is 0 Å². The van der Waals surface area contributed by atoms with Crippen molar-refractivity contribution in [3.05, 3.63) is 99.7 Å². The zero-order valence-electron chi connectivity index (χ0n) is 19.9. The SMILES string of the molecule is O=C(CCCC[C@H](O)C(=O)O)c1ncc(C(=O)CCCC(c2ccccc2)c2ccccc2)c(=O)[nH]1. The molecule has 1 heterocycles. The molecular formula is C28H30N2O6. The fourth-order valence-corrected chi connectivity index (χ4v) is 4.10. The monoisotopic (exact) mass is 490 g/mol. The Kier molecular flexibility index (Phi) is 9.82. The Hall–Kier alpha value is -3.91. The zero-order valence-corrected chi connectivity index (χ0v) is 19.9. The largest absolute Gasteiger partial charge is 0.479 e. The number of aromatic amines is 1. The molecule has 188 valence electrons. The van der Waals surface area contributed by atoms with Crippen molar-refractivity contribution < 1.29 is 24.6 Å². The van der Waals surface area contributed by atoms with Crippen LogP contribution in [0.15, 0.2) is 71.7 Å². The number of aromatic nitrogens is 2. The van der Waals surface area contributed by atoms with Crippen LogP contribution in [0.5, 0.6) is 0 Å². The van der Waals surface area contributed by atoms with Crippen molar-refractivity contribution in [1.29, 1.82) is 0 Å². The number of carboxylic acid groups (broad SMARTS) is 1. The van der Waals surface area contributed by atoms with Crippen molar-refractivity contribution in [2.45, 2.75) is 57.0 Å². The predicted molar refractivity (Wildman–Crippen MR) is 134 cm³/mol. The number of ketones is 2. The van der Waals surface area contributed by atoms with Gasteiger partial charge in [0.1, 0.15) is 5.56 Å². The van der Waals surface area contributed by atoms with Gasteiger partial charge in [-0.3, -0.25) is 14.4 Å². The minimum Gasteiger partial charge on any atom is -0.479 e. The van der Waals surface area contributed by atoms with E-state index < -0.39 is 23.4 Å². The van der Waals surface area contributed by atoms with Crippen LogP contribution in [0, 0.1) is 0 Å². The highest BCUT2D eigenvalue weighted by atomic mass is 16.4. The van der Waals surface area contributed by atoms with E-state index in [1.807, 2.05) is 36.4 Å². The molecular weight excluding hydrogens is 460 g/mol. The number of aliphatic hydroxyl groups excluding tert-OH is 1. The van der Waals surface area contributed by atoms with E-state index in [1.165, 1.54) is 0 Å². The van der Waals surface area contributed by atoms with Crippen LogP contribution in [-0.4, -0.2) is 43.8 Å². The summed E-state index contributed by atoms with van der Waals surface area (Å²) in [6, 6.07) is 20.2. The summed E-state index contributed by atoms with van der Waals surface area (Å²) in [6.45, 7) is 0. The third kappa shape index (κ3) is 7.55. The van der Waals surface area contributed by atoms with Gasteiger partial charge in [0, 0.05) is 25.0 Å². The fraction of sp³-hybridized carbons (Fsp3) is 0.321. The number of aliphatic hydroxyl groups is 1. The molecule has 0 aliphatic heterocycles. The molecule has 36 heavy (non-hydrogen) atoms. The summed E-state index contributed by atoms with van der Waals surface area (Å²) >= 11 is 0. The summed E-state index contributed by atoms with van der Waals surface area (Å²) in [4.78, 5) is 54.4. The first-order valence-electron chi connectivity index (χ1n) is 12.0. The number of unbranched alkanes of at least 4 members (excludes halogenated alkanes) is 1. The van der Waals surface area contributed by atoms with Crippen LogP contribution in [0.2, 0.25) is 0 Å². The van der Waals surface area contributed by atoms with Crippen LogP contribution in [0.1, 0.15) is 83.0 Å². The van der Waals surface area contributed by atoms with E-state index in [0.29, 0.717) is 19.3 Å². The minimum atomic E-state index is -1.46. The molecule has 3 aromatic rings. The number of rotatable bonds is 14. The van der Waals surface area contributed by atoms with E-state index >= 15 is 0 Å². The number of carbonyl (C=O) groups is 3. The van der Waals surface area contributed by atoms with Crippen LogP contribution in [0.25, 0.3) is 0 Å². The highest BCUT2D eigenvalue weighted by Gasteiger charge is 2.18. The Balaban J connectivity index is 1.55. The molecule has 0 fully saturated rings. The van der Waals surface area contributed by atoms with Gasteiger partial charge >= 0.3 is 5.97 Å². The molecule has 3 N–H and O–H groups in total. The number of Topliss-reactive ketones (excluding diaryl/α,β-unsaturated/α-hetero) is 2. The van der Waals surface area contributed by atoms with E-state index in [-0.39, 0.29) is 42.4 Å². The minimum absolute atomic E-state index is 0.0371. The van der Waals surface area contributed by atoms with E-state index in [0.717, 1.165) is 23.7 Å². The number of aliphatic carboxylic acids is 1. The lowest BCUT2D eigenvalue weighted by molar-refractivity contribution is -0.146. The van der Waals surface area contributed by atoms with E-state index in [2.05, 4.69) is 34.2 Å². The first-order chi connectivity index (χ1) is 17.4. The van der Waals surface area contributed by atoms with Gasteiger partial charge < -0.3 is 15.2 Å². The van der Waals surface area contributed by atoms with Crippen molar-refractivity contribution in [2.24, 2.45) is 0 Å². The Bertz CT molecular complexity index is 1180. The molecule has 0 saturated carbocycles. The van der Waals surface area contributed by atoms with E-state index in [4.69, 9.17) is 5.11 Å². The fourth-order valence-electron chi connectivity index (χ4n) is 4.10. The van der Waals surface area contributed by atoms with Gasteiger partial charge in [-0.1, -0.05) is 60.7 Å². The summed E-state index contributed by atoms with van der Waals surface area (Å²) < 4.78 is 0. The molecule has 8 nitrogen and oxygen atoms in total. The number of nitrogens with zero attached hydrogens (tertiary/aromatic N) is 1. The van der Waals surface area contributed by atoms with Gasteiger partial charge in [0.15, 0.2) is 23.5 Å². The van der Waals surface area contributed by atoms with Crippen molar-refractivity contribution >= 4 is 17.5 Å². The molecule has 3 rings (SSSR count). The molecule has 0 bridgehead atoms. The smallest absolute Gasteiger partial charge is 0.332 e. The molecule has 0 aliphatic rings. The van der Waals surface area contributed by atoms with Gasteiger partial charge in [-0.25, -0.2) is 9.78 Å². The van der Waals surface area contributed by atoms with Crippen LogP contribution in [0.4, 0.5) is 0 Å². The second-order valence-corrected chi connectivity index (χ2v) is 8.69. The second-order valence-electron chi connectivity index (χ2n) is 8.69. The Morgan fingerprint density at radius 3 is 1.94 bits per heavy atom. The molecule has 0 spiro atoms. The number of hydrogen-bond donors (Lipinski definition) is 3. The number of carbonyl (C=O) groups excluding carboxylic acids is 2. The summed E-state index contributed by atoms with van der Waals surface area (Å²) in [5, 5.41) is 17.9. The molecule has 0 unspecified atom stereocenters. The van der Waals surface area contributed by atoms with Crippen molar-refractivity contribution in [3.63, 3.8) is 0 Å². The van der Waals surface area contributed by atoms with Gasteiger partial charge in [-0.2, -0.15) is 0 Å². The average Bonchev–Trinajstić information content (AvgIpc) is 2.89. The molecule has 0 radical (unpaired) electrons. The average molecular weight is 491 g/mol. The summed E-state index contributed by atoms with van der Waals surface area (Å²) in [6.07, 6.45) is 1.95. The van der Waals surface area contributed by atoms with Crippen LogP contribution in [0.3, 0.4) is 0 Å².